The second-order valence-electron chi connectivity index (χ2n) is 4.76. The molecule has 0 N–H and O–H groups in total. The number of anilines is 1. The van der Waals surface area contributed by atoms with Crippen LogP contribution in [-0.4, -0.2) is 23.8 Å². The van der Waals surface area contributed by atoms with Gasteiger partial charge in [0.2, 0.25) is 0 Å². The Hall–Kier alpha value is -2.36. The van der Waals surface area contributed by atoms with Crippen molar-refractivity contribution < 1.29 is 9.59 Å². The molecule has 1 aromatic rings. The third-order valence-electron chi connectivity index (χ3n) is 3.76. The molecule has 4 nitrogen and oxygen atoms in total. The van der Waals surface area contributed by atoms with Crippen LogP contribution >= 0.6 is 0 Å². The molecule has 0 fully saturated rings. The van der Waals surface area contributed by atoms with Crippen LogP contribution in [0.3, 0.4) is 0 Å². The highest BCUT2D eigenvalue weighted by Gasteiger charge is 2.44. The molecule has 4 heteroatoms. The molecule has 0 spiro atoms. The van der Waals surface area contributed by atoms with Crippen LogP contribution in [0.4, 0.5) is 5.69 Å². The van der Waals surface area contributed by atoms with Gasteiger partial charge in [0.25, 0.3) is 11.8 Å². The molecule has 19 heavy (non-hydrogen) atoms. The summed E-state index contributed by atoms with van der Waals surface area (Å²) >= 11 is 0. The number of carbonyl (C=O) groups excluding carboxylic acids is 2. The molecule has 2 heterocycles. The van der Waals surface area contributed by atoms with E-state index in [1.165, 1.54) is 4.90 Å². The smallest absolute Gasteiger partial charge is 0.265 e. The summed E-state index contributed by atoms with van der Waals surface area (Å²) in [4.78, 5) is 27.9. The lowest BCUT2D eigenvalue weighted by atomic mass is 10.1. The zero-order valence-electron chi connectivity index (χ0n) is 11.1. The minimum atomic E-state index is -0.117. The van der Waals surface area contributed by atoms with E-state index in [0.717, 1.165) is 11.4 Å². The summed E-state index contributed by atoms with van der Waals surface area (Å²) in [5, 5.41) is 0. The van der Waals surface area contributed by atoms with Gasteiger partial charge in [-0.1, -0.05) is 18.2 Å². The minimum absolute atomic E-state index is 0.100. The van der Waals surface area contributed by atoms with Gasteiger partial charge in [0.1, 0.15) is 0 Å². The van der Waals surface area contributed by atoms with E-state index in [-0.39, 0.29) is 11.8 Å². The lowest BCUT2D eigenvalue weighted by Crippen LogP contribution is -2.27. The summed E-state index contributed by atoms with van der Waals surface area (Å²) in [5.74, 6) is -0.217. The van der Waals surface area contributed by atoms with Crippen LogP contribution in [0.2, 0.25) is 0 Å². The summed E-state index contributed by atoms with van der Waals surface area (Å²) in [7, 11) is 1.70. The number of nitrogens with zero attached hydrogens (tertiary/aromatic N) is 2. The van der Waals surface area contributed by atoms with Crippen molar-refractivity contribution in [3.63, 3.8) is 0 Å². The van der Waals surface area contributed by atoms with E-state index in [4.69, 9.17) is 0 Å². The Kier molecular flexibility index (Phi) is 2.35. The fourth-order valence-corrected chi connectivity index (χ4v) is 2.64. The van der Waals surface area contributed by atoms with E-state index < -0.39 is 0 Å². The number of benzene rings is 1. The second kappa shape index (κ2) is 3.82. The lowest BCUT2D eigenvalue weighted by Gasteiger charge is -2.20. The predicted molar refractivity (Wildman–Crippen MR) is 72.1 cm³/mol. The molecule has 0 unspecified atom stereocenters. The molecule has 0 aliphatic carbocycles. The average Bonchev–Trinajstić information content (AvgIpc) is 2.80. The SMILES string of the molecule is CC1=C2C(=O)N(c3ccccc3)C(C)=C2C(=O)N1C. The molecule has 0 aromatic heterocycles. The summed E-state index contributed by atoms with van der Waals surface area (Å²) in [6.45, 7) is 3.62. The van der Waals surface area contributed by atoms with Gasteiger partial charge in [-0.05, 0) is 26.0 Å². The van der Waals surface area contributed by atoms with Gasteiger partial charge in [-0.15, -0.1) is 0 Å². The topological polar surface area (TPSA) is 40.6 Å². The van der Waals surface area contributed by atoms with Gasteiger partial charge < -0.3 is 4.90 Å². The van der Waals surface area contributed by atoms with Gasteiger partial charge in [-0.3, -0.25) is 14.5 Å². The standard InChI is InChI=1S/C15H14N2O2/c1-9-12-13(14(18)16(9)3)10(2)17(15(12)19)11-7-5-4-6-8-11/h4-8H,1-3H3. The van der Waals surface area contributed by atoms with Crippen molar-refractivity contribution in [2.45, 2.75) is 13.8 Å². The number of para-hydroxylation sites is 1. The maximum Gasteiger partial charge on any atom is 0.265 e. The average molecular weight is 254 g/mol. The third-order valence-corrected chi connectivity index (χ3v) is 3.76. The summed E-state index contributed by atoms with van der Waals surface area (Å²) in [5.41, 5.74) is 3.30. The molecule has 96 valence electrons. The van der Waals surface area contributed by atoms with Gasteiger partial charge >= 0.3 is 0 Å². The van der Waals surface area contributed by atoms with E-state index in [2.05, 4.69) is 0 Å². The molecule has 0 radical (unpaired) electrons. The Bertz CT molecular complexity index is 656. The Labute approximate surface area is 111 Å². The Balaban J connectivity index is 2.18. The number of rotatable bonds is 1. The van der Waals surface area contributed by atoms with Crippen LogP contribution in [0, 0.1) is 0 Å². The van der Waals surface area contributed by atoms with Gasteiger partial charge in [-0.2, -0.15) is 0 Å². The first-order chi connectivity index (χ1) is 9.04. The van der Waals surface area contributed by atoms with Crippen molar-refractivity contribution in [2.24, 2.45) is 0 Å². The molecular formula is C15H14N2O2. The highest BCUT2D eigenvalue weighted by Crippen LogP contribution is 2.40. The molecule has 0 saturated heterocycles. The van der Waals surface area contributed by atoms with Gasteiger partial charge in [0.15, 0.2) is 0 Å². The normalized spacial score (nSPS) is 18.9. The number of hydrogen-bond donors (Lipinski definition) is 0. The second-order valence-corrected chi connectivity index (χ2v) is 4.76. The fourth-order valence-electron chi connectivity index (χ4n) is 2.64. The molecule has 2 amide bonds. The van der Waals surface area contributed by atoms with Crippen LogP contribution in [0.15, 0.2) is 52.9 Å². The van der Waals surface area contributed by atoms with Gasteiger partial charge in [0.05, 0.1) is 11.1 Å². The zero-order valence-corrected chi connectivity index (χ0v) is 11.1. The molecule has 3 rings (SSSR count). The van der Waals surface area contributed by atoms with Crippen LogP contribution in [0.25, 0.3) is 0 Å². The van der Waals surface area contributed by atoms with Crippen molar-refractivity contribution in [1.29, 1.82) is 0 Å². The zero-order chi connectivity index (χ0) is 13.7. The van der Waals surface area contributed by atoms with E-state index in [1.807, 2.05) is 37.3 Å². The minimum Gasteiger partial charge on any atom is -0.315 e. The molecule has 1 aromatic carbocycles. The first-order valence-corrected chi connectivity index (χ1v) is 6.13. The van der Waals surface area contributed by atoms with Crippen LogP contribution in [0.1, 0.15) is 13.8 Å². The molecule has 2 aliphatic rings. The number of hydrogen-bond acceptors (Lipinski definition) is 2. The maximum absolute atomic E-state index is 12.5. The Morgan fingerprint density at radius 3 is 2.00 bits per heavy atom. The van der Waals surface area contributed by atoms with E-state index in [9.17, 15) is 9.59 Å². The van der Waals surface area contributed by atoms with Crippen molar-refractivity contribution in [3.05, 3.63) is 52.9 Å². The monoisotopic (exact) mass is 254 g/mol. The number of amides is 2. The van der Waals surface area contributed by atoms with Crippen LogP contribution in [0.5, 0.6) is 0 Å². The first-order valence-electron chi connectivity index (χ1n) is 6.13. The van der Waals surface area contributed by atoms with E-state index in [0.29, 0.717) is 16.8 Å². The largest absolute Gasteiger partial charge is 0.315 e. The number of allylic oxidation sites excluding steroid dienone is 2. The molecule has 0 saturated carbocycles. The van der Waals surface area contributed by atoms with Crippen molar-refractivity contribution in [1.82, 2.24) is 4.90 Å². The van der Waals surface area contributed by atoms with E-state index >= 15 is 0 Å². The third kappa shape index (κ3) is 1.40. The maximum atomic E-state index is 12.5. The van der Waals surface area contributed by atoms with Crippen molar-refractivity contribution in [2.75, 3.05) is 11.9 Å². The number of carbonyl (C=O) groups is 2. The lowest BCUT2D eigenvalue weighted by molar-refractivity contribution is -0.123. The van der Waals surface area contributed by atoms with Gasteiger partial charge in [-0.25, -0.2) is 0 Å². The van der Waals surface area contributed by atoms with Crippen molar-refractivity contribution >= 4 is 17.5 Å². The molecule has 0 bridgehead atoms. The van der Waals surface area contributed by atoms with E-state index in [1.54, 1.807) is 18.9 Å². The quantitative estimate of drug-likeness (QED) is 0.769. The summed E-state index contributed by atoms with van der Waals surface area (Å²) in [6.07, 6.45) is 0. The molecule has 2 aliphatic heterocycles. The first kappa shape index (κ1) is 11.7. The Morgan fingerprint density at radius 2 is 1.42 bits per heavy atom. The molecular weight excluding hydrogens is 240 g/mol. The molecule has 0 atom stereocenters. The highest BCUT2D eigenvalue weighted by atomic mass is 16.2. The highest BCUT2D eigenvalue weighted by molar-refractivity contribution is 6.25. The number of fused-ring (bicyclic) bond motifs is 1. The van der Waals surface area contributed by atoms with Gasteiger partial charge in [0, 0.05) is 24.1 Å². The number of likely N-dealkylation sites (N-methyl/N-ethyl adjacent to an activating group) is 1. The van der Waals surface area contributed by atoms with Crippen LogP contribution < -0.4 is 4.90 Å². The van der Waals surface area contributed by atoms with Crippen molar-refractivity contribution in [3.8, 4) is 0 Å². The summed E-state index contributed by atoms with van der Waals surface area (Å²) < 4.78 is 0. The Morgan fingerprint density at radius 1 is 0.842 bits per heavy atom. The van der Waals surface area contributed by atoms with Crippen LogP contribution in [-0.2, 0) is 9.59 Å². The summed E-state index contributed by atoms with van der Waals surface area (Å²) in [6, 6.07) is 9.39. The predicted octanol–water partition coefficient (Wildman–Crippen LogP) is 2.05. The fraction of sp³-hybridized carbons (Fsp3) is 0.200.